The summed E-state index contributed by atoms with van der Waals surface area (Å²) in [6.45, 7) is 0. The molecule has 0 saturated heterocycles. The number of pyridine rings is 1. The second-order valence-corrected chi connectivity index (χ2v) is 7.80. The van der Waals surface area contributed by atoms with Gasteiger partial charge in [-0.2, -0.15) is 0 Å². The molecule has 4 saturated carbocycles. The normalized spacial score (nSPS) is 41.8. The molecule has 4 atom stereocenters. The van der Waals surface area contributed by atoms with Crippen molar-refractivity contribution in [1.82, 2.24) is 4.98 Å². The molecule has 0 spiro atoms. The van der Waals surface area contributed by atoms with Crippen LogP contribution in [0.5, 0.6) is 0 Å². The Hall–Kier alpha value is -1.98. The Morgan fingerprint density at radius 3 is 1.76 bits per heavy atom. The molecule has 0 radical (unpaired) electrons. The van der Waals surface area contributed by atoms with E-state index in [9.17, 15) is 22.0 Å². The van der Waals surface area contributed by atoms with Crippen molar-refractivity contribution in [2.75, 3.05) is 0 Å². The zero-order valence-electron chi connectivity index (χ0n) is 12.9. The van der Waals surface area contributed by atoms with E-state index in [4.69, 9.17) is 0 Å². The van der Waals surface area contributed by atoms with Crippen LogP contribution in [-0.2, 0) is 10.8 Å². The second kappa shape index (κ2) is 3.89. The zero-order valence-corrected chi connectivity index (χ0v) is 12.9. The molecular weight excluding hydrogens is 337 g/mol. The van der Waals surface area contributed by atoms with Gasteiger partial charge >= 0.3 is 0 Å². The van der Waals surface area contributed by atoms with Gasteiger partial charge in [0, 0.05) is 28.3 Å². The molecule has 0 N–H and O–H groups in total. The molecule has 4 unspecified atom stereocenters. The van der Waals surface area contributed by atoms with Crippen LogP contribution in [0, 0.1) is 52.8 Å². The summed E-state index contributed by atoms with van der Waals surface area (Å²) >= 11 is 0. The molecule has 128 valence electrons. The number of aromatic nitrogens is 1. The van der Waals surface area contributed by atoms with Crippen molar-refractivity contribution < 1.29 is 22.0 Å². The number of hydrogen-bond acceptors (Lipinski definition) is 1. The van der Waals surface area contributed by atoms with Crippen molar-refractivity contribution in [3.63, 3.8) is 0 Å². The minimum absolute atomic E-state index is 0.0160. The molecule has 25 heavy (non-hydrogen) atoms. The molecule has 1 heterocycles. The SMILES string of the molecule is Fc1c(F)c(F)c(C23C4CC5C(CC42)C53c2ccccn2)c(F)c1F. The lowest BCUT2D eigenvalue weighted by atomic mass is 9.76. The molecule has 1 nitrogen and oxygen atoms in total. The third-order valence-electron chi connectivity index (χ3n) is 7.51. The molecule has 1 aromatic heterocycles. The van der Waals surface area contributed by atoms with E-state index in [1.807, 2.05) is 12.1 Å². The Kier molecular flexibility index (Phi) is 2.21. The molecule has 4 fully saturated rings. The highest BCUT2D eigenvalue weighted by Gasteiger charge is 2.97. The molecule has 2 aromatic rings. The van der Waals surface area contributed by atoms with Crippen LogP contribution in [0.1, 0.15) is 24.1 Å². The average molecular weight is 349 g/mol. The van der Waals surface area contributed by atoms with Gasteiger partial charge in [-0.15, -0.1) is 0 Å². The van der Waals surface area contributed by atoms with Crippen LogP contribution in [0.2, 0.25) is 0 Å². The van der Waals surface area contributed by atoms with Crippen molar-refractivity contribution in [3.8, 4) is 0 Å². The van der Waals surface area contributed by atoms with Gasteiger partial charge in [0.1, 0.15) is 0 Å². The standard InChI is InChI=1S/C19H12F5N/c20-13-12(14(21)16(23)17(24)15(13)22)19-9-5-7-8(6-10(9)19)18(7,19)11-3-1-2-4-25-11/h1-4,7-10H,5-6H2. The van der Waals surface area contributed by atoms with Gasteiger partial charge in [0.15, 0.2) is 23.3 Å². The van der Waals surface area contributed by atoms with Crippen LogP contribution in [0.15, 0.2) is 24.4 Å². The highest BCUT2D eigenvalue weighted by Crippen LogP contribution is 2.96. The van der Waals surface area contributed by atoms with E-state index in [0.717, 1.165) is 18.5 Å². The van der Waals surface area contributed by atoms with Gasteiger partial charge in [0.2, 0.25) is 5.82 Å². The summed E-state index contributed by atoms with van der Waals surface area (Å²) in [5.41, 5.74) is -1.41. The first-order valence-electron chi connectivity index (χ1n) is 8.42. The highest BCUT2D eigenvalue weighted by atomic mass is 19.2. The van der Waals surface area contributed by atoms with E-state index >= 15 is 0 Å². The number of halogens is 5. The van der Waals surface area contributed by atoms with E-state index in [1.54, 1.807) is 12.3 Å². The van der Waals surface area contributed by atoms with Gasteiger partial charge in [-0.25, -0.2) is 22.0 Å². The van der Waals surface area contributed by atoms with Crippen molar-refractivity contribution >= 4 is 0 Å². The third-order valence-corrected chi connectivity index (χ3v) is 7.51. The number of fused-ring (bicyclic) bond motifs is 2. The van der Waals surface area contributed by atoms with Crippen molar-refractivity contribution in [3.05, 3.63) is 64.7 Å². The van der Waals surface area contributed by atoms with Gasteiger partial charge in [-0.05, 0) is 48.6 Å². The largest absolute Gasteiger partial charge is 0.261 e. The molecule has 0 aliphatic heterocycles. The van der Waals surface area contributed by atoms with E-state index in [-0.39, 0.29) is 23.7 Å². The molecule has 6 rings (SSSR count). The lowest BCUT2D eigenvalue weighted by molar-refractivity contribution is 0.345. The van der Waals surface area contributed by atoms with E-state index in [2.05, 4.69) is 4.98 Å². The van der Waals surface area contributed by atoms with Gasteiger partial charge in [-0.1, -0.05) is 6.07 Å². The Morgan fingerprint density at radius 1 is 0.720 bits per heavy atom. The van der Waals surface area contributed by atoms with E-state index < -0.39 is 45.5 Å². The lowest BCUT2D eigenvalue weighted by Gasteiger charge is -2.27. The molecular formula is C19H12F5N. The van der Waals surface area contributed by atoms with Gasteiger partial charge < -0.3 is 0 Å². The Bertz CT molecular complexity index is 909. The summed E-state index contributed by atoms with van der Waals surface area (Å²) < 4.78 is 70.6. The minimum Gasteiger partial charge on any atom is -0.261 e. The third kappa shape index (κ3) is 1.17. The van der Waals surface area contributed by atoms with Crippen LogP contribution in [0.25, 0.3) is 0 Å². The molecule has 4 aliphatic rings. The minimum atomic E-state index is -2.09. The van der Waals surface area contributed by atoms with Gasteiger partial charge in [0.05, 0.1) is 0 Å². The lowest BCUT2D eigenvalue weighted by Crippen LogP contribution is -2.32. The molecule has 1 aromatic carbocycles. The maximum atomic E-state index is 14.7. The first kappa shape index (κ1) is 14.2. The quantitative estimate of drug-likeness (QED) is 0.449. The average Bonchev–Trinajstić information content (AvgIpc) is 3.43. The predicted molar refractivity (Wildman–Crippen MR) is 77.0 cm³/mol. The summed E-state index contributed by atoms with van der Waals surface area (Å²) in [5, 5.41) is 0. The van der Waals surface area contributed by atoms with Crippen LogP contribution in [0.4, 0.5) is 22.0 Å². The van der Waals surface area contributed by atoms with E-state index in [0.29, 0.717) is 0 Å². The molecule has 4 aliphatic carbocycles. The molecule has 0 amide bonds. The van der Waals surface area contributed by atoms with Crippen LogP contribution >= 0.6 is 0 Å². The Morgan fingerprint density at radius 2 is 1.24 bits per heavy atom. The fourth-order valence-electron chi connectivity index (χ4n) is 7.00. The highest BCUT2D eigenvalue weighted by molar-refractivity contribution is 5.61. The number of benzene rings is 1. The van der Waals surface area contributed by atoms with Crippen LogP contribution < -0.4 is 0 Å². The van der Waals surface area contributed by atoms with Crippen LogP contribution in [0.3, 0.4) is 0 Å². The summed E-state index contributed by atoms with van der Waals surface area (Å²) in [5.74, 6) is -8.66. The monoisotopic (exact) mass is 349 g/mol. The smallest absolute Gasteiger partial charge is 0.200 e. The van der Waals surface area contributed by atoms with Crippen LogP contribution in [-0.4, -0.2) is 4.98 Å². The number of rotatable bonds is 2. The maximum Gasteiger partial charge on any atom is 0.200 e. The van der Waals surface area contributed by atoms with Gasteiger partial charge in [-0.3, -0.25) is 4.98 Å². The molecule has 0 bridgehead atoms. The summed E-state index contributed by atoms with van der Waals surface area (Å²) in [7, 11) is 0. The maximum absolute atomic E-state index is 14.7. The van der Waals surface area contributed by atoms with E-state index in [1.165, 1.54) is 0 Å². The first-order valence-corrected chi connectivity index (χ1v) is 8.42. The number of nitrogens with zero attached hydrogens (tertiary/aromatic N) is 1. The summed E-state index contributed by atoms with van der Waals surface area (Å²) in [4.78, 5) is 4.41. The topological polar surface area (TPSA) is 12.9 Å². The molecule has 6 heteroatoms. The van der Waals surface area contributed by atoms with Gasteiger partial charge in [0.25, 0.3) is 0 Å². The first-order chi connectivity index (χ1) is 12.0. The zero-order chi connectivity index (χ0) is 17.3. The Labute approximate surface area is 139 Å². The number of hydrogen-bond donors (Lipinski definition) is 0. The fourth-order valence-corrected chi connectivity index (χ4v) is 7.00. The predicted octanol–water partition coefficient (Wildman–Crippen LogP) is 4.25. The summed E-state index contributed by atoms with van der Waals surface area (Å²) in [6, 6.07) is 5.39. The van der Waals surface area contributed by atoms with Crippen molar-refractivity contribution in [2.45, 2.75) is 23.7 Å². The fraction of sp³-hybridized carbons (Fsp3) is 0.421. The van der Waals surface area contributed by atoms with Crippen molar-refractivity contribution in [1.29, 1.82) is 0 Å². The van der Waals surface area contributed by atoms with Crippen molar-refractivity contribution in [2.24, 2.45) is 23.7 Å². The Balaban J connectivity index is 1.66. The summed E-state index contributed by atoms with van der Waals surface area (Å²) in [6.07, 6.45) is 3.19. The second-order valence-electron chi connectivity index (χ2n) is 7.80.